The zero-order valence-electron chi connectivity index (χ0n) is 18.3. The number of thiophene rings is 1. The van der Waals surface area contributed by atoms with Gasteiger partial charge in [0.05, 0.1) is 11.8 Å². The summed E-state index contributed by atoms with van der Waals surface area (Å²) in [5.41, 5.74) is 2.78. The normalized spacial score (nSPS) is 16.5. The van der Waals surface area contributed by atoms with Crippen LogP contribution in [0.4, 0.5) is 10.7 Å². The van der Waals surface area contributed by atoms with E-state index in [1.165, 1.54) is 4.88 Å². The number of furan rings is 1. The Morgan fingerprint density at radius 1 is 1.23 bits per heavy atom. The number of benzene rings is 1. The van der Waals surface area contributed by atoms with E-state index in [1.54, 1.807) is 29.7 Å². The molecule has 1 atom stereocenters. The highest BCUT2D eigenvalue weighted by Gasteiger charge is 2.33. The van der Waals surface area contributed by atoms with Gasteiger partial charge in [0, 0.05) is 15.6 Å². The van der Waals surface area contributed by atoms with Crippen LogP contribution in [0.3, 0.4) is 0 Å². The number of carbonyl (C=O) groups is 1. The Labute approximate surface area is 192 Å². The zero-order valence-corrected chi connectivity index (χ0v) is 19.9. The molecule has 0 radical (unpaired) electrons. The summed E-state index contributed by atoms with van der Waals surface area (Å²) in [5.74, 6) is 1.98. The Bertz CT molecular complexity index is 1120. The number of carbonyl (C=O) groups excluding carboxylic acids is 1. The molecule has 4 rings (SSSR count). The Balaban J connectivity index is 1.69. The van der Waals surface area contributed by atoms with E-state index in [0.717, 1.165) is 35.6 Å². The van der Waals surface area contributed by atoms with Crippen molar-refractivity contribution in [3.8, 4) is 0 Å². The number of halogens is 1. The number of fused-ring (bicyclic) bond motifs is 1. The van der Waals surface area contributed by atoms with Gasteiger partial charge in [0.2, 0.25) is 0 Å². The summed E-state index contributed by atoms with van der Waals surface area (Å²) in [7, 11) is 0. The highest BCUT2D eigenvalue weighted by molar-refractivity contribution is 7.16. The molecule has 0 saturated carbocycles. The Kier molecular flexibility index (Phi) is 6.09. The van der Waals surface area contributed by atoms with E-state index in [2.05, 4.69) is 31.1 Å². The molecule has 2 aromatic heterocycles. The third-order valence-electron chi connectivity index (χ3n) is 5.87. The van der Waals surface area contributed by atoms with Crippen LogP contribution in [-0.2, 0) is 12.8 Å². The van der Waals surface area contributed by atoms with E-state index in [9.17, 15) is 4.79 Å². The van der Waals surface area contributed by atoms with Crippen molar-refractivity contribution >= 4 is 45.7 Å². The first-order valence-electron chi connectivity index (χ1n) is 10.5. The van der Waals surface area contributed by atoms with Crippen LogP contribution >= 0.6 is 22.9 Å². The van der Waals surface area contributed by atoms with Crippen molar-refractivity contribution in [3.05, 3.63) is 68.9 Å². The van der Waals surface area contributed by atoms with E-state index < -0.39 is 0 Å². The van der Waals surface area contributed by atoms with E-state index in [0.29, 0.717) is 28.0 Å². The van der Waals surface area contributed by atoms with Gasteiger partial charge >= 0.3 is 0 Å². The minimum atomic E-state index is -0.128. The summed E-state index contributed by atoms with van der Waals surface area (Å²) in [5, 5.41) is 4.39. The molecule has 1 aromatic carbocycles. The van der Waals surface area contributed by atoms with Gasteiger partial charge in [-0.05, 0) is 79.5 Å². The monoisotopic (exact) mass is 454 g/mol. The predicted octanol–water partition coefficient (Wildman–Crippen LogP) is 7.46. The molecule has 0 fully saturated rings. The lowest BCUT2D eigenvalue weighted by atomic mass is 9.72. The number of anilines is 1. The maximum Gasteiger partial charge on any atom is 0.259 e. The Morgan fingerprint density at radius 3 is 2.61 bits per heavy atom. The molecular weight excluding hydrogens is 428 g/mol. The number of aryl methyl sites for hydroxylation is 1. The second-order valence-electron chi connectivity index (χ2n) is 9.16. The summed E-state index contributed by atoms with van der Waals surface area (Å²) >= 11 is 7.61. The molecule has 3 aromatic rings. The van der Waals surface area contributed by atoms with Crippen LogP contribution in [0.15, 0.2) is 45.8 Å². The third-order valence-corrected chi connectivity index (χ3v) is 7.29. The first-order valence-corrected chi connectivity index (χ1v) is 11.7. The van der Waals surface area contributed by atoms with Gasteiger partial charge in [-0.1, -0.05) is 32.4 Å². The molecule has 2 heterocycles. The highest BCUT2D eigenvalue weighted by Crippen LogP contribution is 2.45. The van der Waals surface area contributed by atoms with Gasteiger partial charge in [-0.2, -0.15) is 0 Å². The zero-order chi connectivity index (χ0) is 22.2. The van der Waals surface area contributed by atoms with E-state index in [-0.39, 0.29) is 11.3 Å². The highest BCUT2D eigenvalue weighted by atomic mass is 35.5. The van der Waals surface area contributed by atoms with E-state index in [4.69, 9.17) is 16.0 Å². The number of nitrogens with zero attached hydrogens (tertiary/aromatic N) is 1. The molecule has 4 nitrogen and oxygen atoms in total. The lowest BCUT2D eigenvalue weighted by Crippen LogP contribution is -2.27. The summed E-state index contributed by atoms with van der Waals surface area (Å²) in [6.07, 6.45) is 4.66. The number of amides is 1. The molecule has 1 aliphatic rings. The van der Waals surface area contributed by atoms with Gasteiger partial charge in [-0.15, -0.1) is 11.3 Å². The van der Waals surface area contributed by atoms with E-state index >= 15 is 0 Å². The maximum absolute atomic E-state index is 13.3. The van der Waals surface area contributed by atoms with Crippen molar-refractivity contribution in [2.45, 2.75) is 47.0 Å². The number of hydrogen-bond acceptors (Lipinski definition) is 4. The van der Waals surface area contributed by atoms with Crippen LogP contribution in [0.2, 0.25) is 5.02 Å². The third kappa shape index (κ3) is 4.94. The van der Waals surface area contributed by atoms with Gasteiger partial charge in [-0.25, -0.2) is 4.99 Å². The topological polar surface area (TPSA) is 54.6 Å². The van der Waals surface area contributed by atoms with Crippen molar-refractivity contribution in [2.24, 2.45) is 16.3 Å². The van der Waals surface area contributed by atoms with Crippen LogP contribution < -0.4 is 5.32 Å². The average molecular weight is 455 g/mol. The van der Waals surface area contributed by atoms with Gasteiger partial charge < -0.3 is 9.73 Å². The van der Waals surface area contributed by atoms with Crippen molar-refractivity contribution < 1.29 is 9.21 Å². The van der Waals surface area contributed by atoms with Crippen molar-refractivity contribution in [1.82, 2.24) is 0 Å². The molecular formula is C25H27ClN2O2S. The molecule has 6 heteroatoms. The first kappa shape index (κ1) is 21.8. The molecule has 0 unspecified atom stereocenters. The van der Waals surface area contributed by atoms with Crippen LogP contribution in [0.5, 0.6) is 0 Å². The second kappa shape index (κ2) is 8.64. The fraction of sp³-hybridized carbons (Fsp3) is 0.360. The first-order chi connectivity index (χ1) is 14.7. The van der Waals surface area contributed by atoms with Gasteiger partial charge in [0.1, 0.15) is 16.5 Å². The molecule has 1 N–H and O–H groups in total. The number of nitrogens with one attached hydrogen (secondary N) is 1. The summed E-state index contributed by atoms with van der Waals surface area (Å²) < 4.78 is 5.62. The number of aliphatic imine (C=N–C) groups is 1. The van der Waals surface area contributed by atoms with Gasteiger partial charge in [0.15, 0.2) is 0 Å². The Hall–Kier alpha value is -2.37. The van der Waals surface area contributed by atoms with Crippen LogP contribution in [-0.4, -0.2) is 12.1 Å². The average Bonchev–Trinajstić information content (AvgIpc) is 3.29. The van der Waals surface area contributed by atoms with Crippen LogP contribution in [0, 0.1) is 18.3 Å². The summed E-state index contributed by atoms with van der Waals surface area (Å²) in [4.78, 5) is 19.3. The minimum absolute atomic E-state index is 0.128. The largest absolute Gasteiger partial charge is 0.460 e. The molecule has 31 heavy (non-hydrogen) atoms. The van der Waals surface area contributed by atoms with Crippen molar-refractivity contribution in [3.63, 3.8) is 0 Å². The number of hydrogen-bond donors (Lipinski definition) is 1. The van der Waals surface area contributed by atoms with Crippen LogP contribution in [0.1, 0.15) is 59.5 Å². The molecule has 1 amide bonds. The lowest BCUT2D eigenvalue weighted by molar-refractivity contribution is 0.102. The molecule has 0 aliphatic heterocycles. The molecule has 1 aliphatic carbocycles. The lowest BCUT2D eigenvalue weighted by Gasteiger charge is -2.33. The summed E-state index contributed by atoms with van der Waals surface area (Å²) in [6, 6.07) is 10.9. The second-order valence-corrected chi connectivity index (χ2v) is 10.7. The summed E-state index contributed by atoms with van der Waals surface area (Å²) in [6.45, 7) is 8.78. The van der Waals surface area contributed by atoms with E-state index in [1.807, 2.05) is 31.2 Å². The van der Waals surface area contributed by atoms with Gasteiger partial charge in [-0.3, -0.25) is 4.79 Å². The SMILES string of the molecule is Cc1ccc(C=Nc2sc3c(c2C(=O)Nc2ccc(Cl)cc2)CC[C@H](C(C)(C)C)C3)o1. The maximum atomic E-state index is 13.3. The fourth-order valence-corrected chi connectivity index (χ4v) is 5.40. The molecule has 162 valence electrons. The standard InChI is InChI=1S/C25H27ClN2O2S/c1-15-5-11-19(30-15)14-27-24-22(23(29)28-18-9-7-17(26)8-10-18)20-12-6-16(25(2,3)4)13-21(20)31-24/h5,7-11,14,16H,6,12-13H2,1-4H3,(H,28,29)/t16-/m0/s1. The smallest absolute Gasteiger partial charge is 0.259 e. The van der Waals surface area contributed by atoms with Crippen LogP contribution in [0.25, 0.3) is 0 Å². The van der Waals surface area contributed by atoms with Crippen molar-refractivity contribution in [2.75, 3.05) is 5.32 Å². The molecule has 0 spiro atoms. The quantitative estimate of drug-likeness (QED) is 0.416. The Morgan fingerprint density at radius 2 is 1.97 bits per heavy atom. The molecule has 0 saturated heterocycles. The number of rotatable bonds is 4. The van der Waals surface area contributed by atoms with Gasteiger partial charge in [0.25, 0.3) is 5.91 Å². The fourth-order valence-electron chi connectivity index (χ4n) is 4.01. The molecule has 0 bridgehead atoms. The predicted molar refractivity (Wildman–Crippen MR) is 129 cm³/mol. The minimum Gasteiger partial charge on any atom is -0.460 e. The van der Waals surface area contributed by atoms with Crippen molar-refractivity contribution in [1.29, 1.82) is 0 Å².